The van der Waals surface area contributed by atoms with Crippen molar-refractivity contribution in [1.29, 1.82) is 0 Å². The van der Waals surface area contributed by atoms with Crippen LogP contribution in [0.4, 0.5) is 4.79 Å². The first-order chi connectivity index (χ1) is 14.9. The third-order valence-corrected chi connectivity index (χ3v) is 7.48. The van der Waals surface area contributed by atoms with E-state index in [1.165, 1.54) is 10.4 Å². The number of carbonyl (C=O) groups excluding carboxylic acids is 1. The van der Waals surface area contributed by atoms with Gasteiger partial charge in [-0.2, -0.15) is 9.40 Å². The molecule has 1 aliphatic heterocycles. The monoisotopic (exact) mass is 459 g/mol. The molecule has 0 atom stereocenters. The number of benzene rings is 2. The van der Waals surface area contributed by atoms with Crippen molar-refractivity contribution in [3.63, 3.8) is 0 Å². The lowest BCUT2D eigenvalue weighted by Crippen LogP contribution is -2.52. The van der Waals surface area contributed by atoms with Gasteiger partial charge in [-0.15, -0.1) is 0 Å². The Hall–Kier alpha value is -2.88. The fourth-order valence-corrected chi connectivity index (χ4v) is 5.30. The first kappa shape index (κ1) is 21.4. The van der Waals surface area contributed by atoms with Gasteiger partial charge >= 0.3 is 6.03 Å². The molecule has 0 bridgehead atoms. The van der Waals surface area contributed by atoms with Crippen LogP contribution in [0.3, 0.4) is 0 Å². The largest absolute Gasteiger partial charge is 0.334 e. The molecule has 3 aromatic rings. The van der Waals surface area contributed by atoms with Gasteiger partial charge in [0.15, 0.2) is 0 Å². The molecule has 8 nitrogen and oxygen atoms in total. The van der Waals surface area contributed by atoms with E-state index in [9.17, 15) is 13.2 Å². The molecule has 0 radical (unpaired) electrons. The summed E-state index contributed by atoms with van der Waals surface area (Å²) in [6.07, 6.45) is 3.57. The standard InChI is InChI=1S/C21H22ClN5O3S/c22-19-8-4-5-9-20(19)31(29,30)26-12-10-25(11-13-26)21(28)23-14-17-15-24-27(16-17)18-6-2-1-3-7-18/h1-9,15-16H,10-14H2,(H,23,28). The van der Waals surface area contributed by atoms with E-state index in [1.54, 1.807) is 34.0 Å². The Morgan fingerprint density at radius 2 is 1.68 bits per heavy atom. The Kier molecular flexibility index (Phi) is 6.26. The molecular weight excluding hydrogens is 438 g/mol. The summed E-state index contributed by atoms with van der Waals surface area (Å²) in [5, 5.41) is 7.38. The van der Waals surface area contributed by atoms with E-state index in [0.717, 1.165) is 11.3 Å². The highest BCUT2D eigenvalue weighted by Crippen LogP contribution is 2.25. The van der Waals surface area contributed by atoms with E-state index in [1.807, 2.05) is 36.5 Å². The van der Waals surface area contributed by atoms with Crippen LogP contribution in [-0.2, 0) is 16.6 Å². The first-order valence-corrected chi connectivity index (χ1v) is 11.6. The van der Waals surface area contributed by atoms with Gasteiger partial charge in [0.25, 0.3) is 0 Å². The first-order valence-electron chi connectivity index (χ1n) is 9.81. The van der Waals surface area contributed by atoms with Crippen LogP contribution in [0.25, 0.3) is 5.69 Å². The van der Waals surface area contributed by atoms with Crippen LogP contribution in [0.2, 0.25) is 5.02 Å². The summed E-state index contributed by atoms with van der Waals surface area (Å²) in [6.45, 7) is 1.38. The number of rotatable bonds is 5. The summed E-state index contributed by atoms with van der Waals surface area (Å²) in [7, 11) is -3.69. The summed E-state index contributed by atoms with van der Waals surface area (Å²) in [6, 6.07) is 15.8. The molecule has 2 amide bonds. The number of hydrogen-bond acceptors (Lipinski definition) is 4. The fraction of sp³-hybridized carbons (Fsp3) is 0.238. The van der Waals surface area contributed by atoms with E-state index < -0.39 is 10.0 Å². The third kappa shape index (κ3) is 4.73. The van der Waals surface area contributed by atoms with Gasteiger partial charge in [0, 0.05) is 44.5 Å². The lowest BCUT2D eigenvalue weighted by Gasteiger charge is -2.34. The Labute approximate surface area is 186 Å². The van der Waals surface area contributed by atoms with Crippen molar-refractivity contribution in [1.82, 2.24) is 24.3 Å². The molecule has 10 heteroatoms. The number of amides is 2. The van der Waals surface area contributed by atoms with E-state index in [0.29, 0.717) is 19.6 Å². The zero-order chi connectivity index (χ0) is 21.8. The van der Waals surface area contributed by atoms with Crippen molar-refractivity contribution < 1.29 is 13.2 Å². The topological polar surface area (TPSA) is 87.5 Å². The van der Waals surface area contributed by atoms with E-state index in [2.05, 4.69) is 10.4 Å². The van der Waals surface area contributed by atoms with Gasteiger partial charge in [-0.25, -0.2) is 17.9 Å². The second kappa shape index (κ2) is 9.09. The van der Waals surface area contributed by atoms with E-state index >= 15 is 0 Å². The number of nitrogens with one attached hydrogen (secondary N) is 1. The number of para-hydroxylation sites is 1. The number of halogens is 1. The average Bonchev–Trinajstić information content (AvgIpc) is 3.27. The molecule has 2 aromatic carbocycles. The molecule has 31 heavy (non-hydrogen) atoms. The number of aromatic nitrogens is 2. The molecule has 1 aromatic heterocycles. The molecule has 0 saturated carbocycles. The molecule has 1 saturated heterocycles. The minimum Gasteiger partial charge on any atom is -0.334 e. The highest BCUT2D eigenvalue weighted by molar-refractivity contribution is 7.89. The van der Waals surface area contributed by atoms with Gasteiger partial charge in [-0.05, 0) is 24.3 Å². The Morgan fingerprint density at radius 3 is 2.39 bits per heavy atom. The quantitative estimate of drug-likeness (QED) is 0.635. The maximum atomic E-state index is 12.8. The molecule has 0 unspecified atom stereocenters. The maximum Gasteiger partial charge on any atom is 0.317 e. The molecule has 0 spiro atoms. The van der Waals surface area contributed by atoms with Crippen LogP contribution in [-0.4, -0.2) is 59.6 Å². The van der Waals surface area contributed by atoms with Gasteiger partial charge in [0.05, 0.1) is 16.9 Å². The minimum atomic E-state index is -3.69. The number of urea groups is 1. The summed E-state index contributed by atoms with van der Waals surface area (Å²) in [5.41, 5.74) is 1.81. The molecule has 162 valence electrons. The van der Waals surface area contributed by atoms with E-state index in [4.69, 9.17) is 11.6 Å². The second-order valence-electron chi connectivity index (χ2n) is 7.11. The maximum absolute atomic E-state index is 12.8. The highest BCUT2D eigenvalue weighted by atomic mass is 35.5. The number of carbonyl (C=O) groups is 1. The van der Waals surface area contributed by atoms with Gasteiger partial charge in [-0.1, -0.05) is 41.9 Å². The zero-order valence-corrected chi connectivity index (χ0v) is 18.3. The molecule has 1 fully saturated rings. The van der Waals surface area contributed by atoms with E-state index in [-0.39, 0.29) is 29.0 Å². The average molecular weight is 460 g/mol. The Morgan fingerprint density at radius 1 is 1.00 bits per heavy atom. The number of nitrogens with zero attached hydrogens (tertiary/aromatic N) is 4. The molecule has 4 rings (SSSR count). The highest BCUT2D eigenvalue weighted by Gasteiger charge is 2.31. The van der Waals surface area contributed by atoms with Crippen molar-refractivity contribution in [3.05, 3.63) is 77.6 Å². The summed E-state index contributed by atoms with van der Waals surface area (Å²) >= 11 is 6.06. The minimum absolute atomic E-state index is 0.0880. The van der Waals surface area contributed by atoms with Crippen LogP contribution in [0, 0.1) is 0 Å². The third-order valence-electron chi connectivity index (χ3n) is 5.08. The molecule has 2 heterocycles. The second-order valence-corrected chi connectivity index (χ2v) is 9.42. The smallest absolute Gasteiger partial charge is 0.317 e. The lowest BCUT2D eigenvalue weighted by molar-refractivity contribution is 0.172. The summed E-state index contributed by atoms with van der Waals surface area (Å²) < 4.78 is 28.8. The SMILES string of the molecule is O=C(NCc1cnn(-c2ccccc2)c1)N1CCN(S(=O)(=O)c2ccccc2Cl)CC1. The van der Waals surface area contributed by atoms with Gasteiger partial charge in [0.1, 0.15) is 4.90 Å². The van der Waals surface area contributed by atoms with Crippen LogP contribution >= 0.6 is 11.6 Å². The molecule has 0 aliphatic carbocycles. The fourth-order valence-electron chi connectivity index (χ4n) is 3.39. The van der Waals surface area contributed by atoms with Gasteiger partial charge in [0.2, 0.25) is 10.0 Å². The van der Waals surface area contributed by atoms with Crippen molar-refractivity contribution in [3.8, 4) is 5.69 Å². The van der Waals surface area contributed by atoms with Crippen LogP contribution in [0.5, 0.6) is 0 Å². The van der Waals surface area contributed by atoms with Crippen LogP contribution in [0.15, 0.2) is 71.9 Å². The summed E-state index contributed by atoms with van der Waals surface area (Å²) in [5.74, 6) is 0. The Balaban J connectivity index is 1.31. The molecule has 1 N–H and O–H groups in total. The number of sulfonamides is 1. The zero-order valence-electron chi connectivity index (χ0n) is 16.7. The van der Waals surface area contributed by atoms with Gasteiger partial charge < -0.3 is 10.2 Å². The van der Waals surface area contributed by atoms with Gasteiger partial charge in [-0.3, -0.25) is 0 Å². The predicted octanol–water partition coefficient (Wildman–Crippen LogP) is 2.74. The van der Waals surface area contributed by atoms with Crippen LogP contribution in [0.1, 0.15) is 5.56 Å². The lowest BCUT2D eigenvalue weighted by atomic mass is 10.3. The Bertz CT molecular complexity index is 1160. The normalized spacial score (nSPS) is 15.1. The summed E-state index contributed by atoms with van der Waals surface area (Å²) in [4.78, 5) is 14.2. The van der Waals surface area contributed by atoms with Crippen molar-refractivity contribution in [2.24, 2.45) is 0 Å². The number of piperazine rings is 1. The van der Waals surface area contributed by atoms with Crippen LogP contribution < -0.4 is 5.32 Å². The number of hydrogen-bond donors (Lipinski definition) is 1. The van der Waals surface area contributed by atoms with Crippen molar-refractivity contribution in [2.75, 3.05) is 26.2 Å². The van der Waals surface area contributed by atoms with Crippen molar-refractivity contribution >= 4 is 27.7 Å². The molecular formula is C21H22ClN5O3S. The van der Waals surface area contributed by atoms with Crippen molar-refractivity contribution in [2.45, 2.75) is 11.4 Å². The molecule has 1 aliphatic rings. The predicted molar refractivity (Wildman–Crippen MR) is 118 cm³/mol.